The molecule has 0 aromatic carbocycles. The number of carbonyl (C=O) groups excluding carboxylic acids is 2. The van der Waals surface area contributed by atoms with Gasteiger partial charge in [-0.3, -0.25) is 4.79 Å². The van der Waals surface area contributed by atoms with Crippen molar-refractivity contribution in [1.29, 1.82) is 0 Å². The fourth-order valence-electron chi connectivity index (χ4n) is 7.37. The molecule has 4 rings (SSSR count). The van der Waals surface area contributed by atoms with Crippen molar-refractivity contribution in [2.24, 2.45) is 28.6 Å². The molecule has 4 nitrogen and oxygen atoms in total. The Balaban J connectivity index is 1.56. The molecule has 4 aliphatic carbocycles. The molecule has 0 spiro atoms. The first-order valence-corrected chi connectivity index (χ1v) is 11.5. The molecule has 0 radical (unpaired) electrons. The Kier molecular flexibility index (Phi) is 5.41. The van der Waals surface area contributed by atoms with Crippen LogP contribution in [0.25, 0.3) is 0 Å². The predicted molar refractivity (Wildman–Crippen MR) is 112 cm³/mol. The third-order valence-electron chi connectivity index (χ3n) is 8.82. The molecule has 0 aromatic rings. The topological polar surface area (TPSA) is 52.6 Å². The number of ether oxygens (including phenoxy) is 2. The summed E-state index contributed by atoms with van der Waals surface area (Å²) in [5.74, 6) is 1.73. The largest absolute Gasteiger partial charge is 0.463 e. The summed E-state index contributed by atoms with van der Waals surface area (Å²) in [5, 5.41) is 0. The molecule has 0 aliphatic heterocycles. The van der Waals surface area contributed by atoms with Crippen LogP contribution < -0.4 is 0 Å². The van der Waals surface area contributed by atoms with Crippen LogP contribution in [0.3, 0.4) is 0 Å². The van der Waals surface area contributed by atoms with Crippen LogP contribution in [0.2, 0.25) is 0 Å². The van der Waals surface area contributed by atoms with Crippen LogP contribution >= 0.6 is 0 Å². The SMILES string of the molecule is CCOC(=O)/C=C1\CC[C@H]2[C@@H]3CC=C4C[C@@H](OC(C)=O)CC[C@]4(C)[C@H]3CC[C@]12C. The fourth-order valence-corrected chi connectivity index (χ4v) is 7.37. The molecular formula is C25H36O4. The van der Waals surface area contributed by atoms with Crippen LogP contribution in [0.4, 0.5) is 0 Å². The highest BCUT2D eigenvalue weighted by molar-refractivity contribution is 5.83. The second kappa shape index (κ2) is 7.59. The monoisotopic (exact) mass is 400 g/mol. The minimum Gasteiger partial charge on any atom is -0.463 e. The maximum absolute atomic E-state index is 12.1. The number of hydrogen-bond acceptors (Lipinski definition) is 4. The molecular weight excluding hydrogens is 364 g/mol. The van der Waals surface area contributed by atoms with E-state index < -0.39 is 0 Å². The Morgan fingerprint density at radius 1 is 1.14 bits per heavy atom. The summed E-state index contributed by atoms with van der Waals surface area (Å²) >= 11 is 0. The van der Waals surface area contributed by atoms with Gasteiger partial charge in [-0.25, -0.2) is 4.79 Å². The van der Waals surface area contributed by atoms with Gasteiger partial charge in [0.2, 0.25) is 0 Å². The molecule has 4 aliphatic rings. The van der Waals surface area contributed by atoms with E-state index >= 15 is 0 Å². The Morgan fingerprint density at radius 2 is 1.86 bits per heavy atom. The van der Waals surface area contributed by atoms with Crippen molar-refractivity contribution in [1.82, 2.24) is 0 Å². The van der Waals surface area contributed by atoms with Crippen molar-refractivity contribution < 1.29 is 19.1 Å². The zero-order valence-electron chi connectivity index (χ0n) is 18.5. The molecule has 0 heterocycles. The van der Waals surface area contributed by atoms with Gasteiger partial charge in [0.15, 0.2) is 0 Å². The molecule has 29 heavy (non-hydrogen) atoms. The summed E-state index contributed by atoms with van der Waals surface area (Å²) in [5.41, 5.74) is 3.23. The third kappa shape index (κ3) is 3.47. The summed E-state index contributed by atoms with van der Waals surface area (Å²) in [7, 11) is 0. The number of esters is 2. The zero-order chi connectivity index (χ0) is 20.8. The van der Waals surface area contributed by atoms with Gasteiger partial charge >= 0.3 is 11.9 Å². The minimum absolute atomic E-state index is 0.0582. The fraction of sp³-hybridized carbons (Fsp3) is 0.760. The van der Waals surface area contributed by atoms with Crippen LogP contribution in [-0.2, 0) is 19.1 Å². The summed E-state index contributed by atoms with van der Waals surface area (Å²) in [6.07, 6.45) is 13.1. The summed E-state index contributed by atoms with van der Waals surface area (Å²) in [4.78, 5) is 23.5. The number of hydrogen-bond donors (Lipinski definition) is 0. The van der Waals surface area contributed by atoms with E-state index in [4.69, 9.17) is 9.47 Å². The summed E-state index contributed by atoms with van der Waals surface area (Å²) in [6.45, 7) is 8.68. The lowest BCUT2D eigenvalue weighted by Gasteiger charge is -2.57. The van der Waals surface area contributed by atoms with E-state index in [9.17, 15) is 9.59 Å². The van der Waals surface area contributed by atoms with Gasteiger partial charge in [-0.05, 0) is 80.5 Å². The quantitative estimate of drug-likeness (QED) is 0.363. The van der Waals surface area contributed by atoms with E-state index in [1.165, 1.54) is 37.3 Å². The van der Waals surface area contributed by atoms with Crippen molar-refractivity contribution in [3.05, 3.63) is 23.3 Å². The number of allylic oxidation sites excluding steroid dienone is 2. The highest BCUT2D eigenvalue weighted by Gasteiger charge is 2.57. The molecule has 160 valence electrons. The Labute approximate surface area is 175 Å². The van der Waals surface area contributed by atoms with Gasteiger partial charge in [-0.2, -0.15) is 0 Å². The second-order valence-electron chi connectivity index (χ2n) is 10.2. The molecule has 3 fully saturated rings. The summed E-state index contributed by atoms with van der Waals surface area (Å²) < 4.78 is 10.7. The van der Waals surface area contributed by atoms with E-state index in [1.54, 1.807) is 6.08 Å². The molecule has 0 amide bonds. The van der Waals surface area contributed by atoms with E-state index in [-0.39, 0.29) is 28.9 Å². The molecule has 3 saturated carbocycles. The average molecular weight is 401 g/mol. The van der Waals surface area contributed by atoms with Crippen LogP contribution in [0.15, 0.2) is 23.3 Å². The van der Waals surface area contributed by atoms with Gasteiger partial charge in [-0.1, -0.05) is 31.1 Å². The van der Waals surface area contributed by atoms with Gasteiger partial charge in [-0.15, -0.1) is 0 Å². The molecule has 4 heteroatoms. The molecule has 0 unspecified atom stereocenters. The van der Waals surface area contributed by atoms with Crippen molar-refractivity contribution in [2.45, 2.75) is 85.2 Å². The first-order chi connectivity index (χ1) is 13.8. The van der Waals surface area contributed by atoms with Gasteiger partial charge < -0.3 is 9.47 Å². The van der Waals surface area contributed by atoms with E-state index in [0.29, 0.717) is 24.4 Å². The van der Waals surface area contributed by atoms with Crippen molar-refractivity contribution in [3.8, 4) is 0 Å². The lowest BCUT2D eigenvalue weighted by molar-refractivity contribution is -0.148. The Hall–Kier alpha value is -1.58. The van der Waals surface area contributed by atoms with Crippen molar-refractivity contribution >= 4 is 11.9 Å². The summed E-state index contributed by atoms with van der Waals surface area (Å²) in [6, 6.07) is 0. The lowest BCUT2D eigenvalue weighted by atomic mass is 9.48. The standard InChI is InChI=1S/C25H36O4/c1-5-28-23(27)15-18-7-9-21-20-8-6-17-14-19(29-16(2)26)10-12-24(17,3)22(20)11-13-25(18,21)4/h6,15,19-22H,5,7-14H2,1-4H3/b18-15+/t19-,20-,21-,22-,24-,25+/m0/s1. The zero-order valence-corrected chi connectivity index (χ0v) is 18.5. The molecule has 0 N–H and O–H groups in total. The lowest BCUT2D eigenvalue weighted by Crippen LogP contribution is -2.49. The van der Waals surface area contributed by atoms with Gasteiger partial charge in [0.1, 0.15) is 6.10 Å². The second-order valence-corrected chi connectivity index (χ2v) is 10.2. The highest BCUT2D eigenvalue weighted by Crippen LogP contribution is 2.66. The Morgan fingerprint density at radius 3 is 2.59 bits per heavy atom. The number of rotatable bonds is 3. The molecule has 0 saturated heterocycles. The highest BCUT2D eigenvalue weighted by atomic mass is 16.5. The minimum atomic E-state index is -0.173. The Bertz CT molecular complexity index is 750. The maximum Gasteiger partial charge on any atom is 0.330 e. The van der Waals surface area contributed by atoms with Crippen LogP contribution in [0.5, 0.6) is 0 Å². The first kappa shape index (κ1) is 20.7. The van der Waals surface area contributed by atoms with E-state index in [1.807, 2.05) is 6.92 Å². The van der Waals surface area contributed by atoms with E-state index in [0.717, 1.165) is 32.1 Å². The first-order valence-electron chi connectivity index (χ1n) is 11.5. The molecule has 0 bridgehead atoms. The van der Waals surface area contributed by atoms with Crippen LogP contribution in [0.1, 0.15) is 79.1 Å². The normalized spacial score (nSPS) is 42.3. The van der Waals surface area contributed by atoms with Crippen LogP contribution in [-0.4, -0.2) is 24.6 Å². The average Bonchev–Trinajstić information content (AvgIpc) is 2.98. The maximum atomic E-state index is 12.1. The molecule has 6 atom stereocenters. The van der Waals surface area contributed by atoms with Gasteiger partial charge in [0.25, 0.3) is 0 Å². The van der Waals surface area contributed by atoms with Gasteiger partial charge in [0.05, 0.1) is 6.61 Å². The third-order valence-corrected chi connectivity index (χ3v) is 8.82. The smallest absolute Gasteiger partial charge is 0.330 e. The number of carbonyl (C=O) groups is 2. The van der Waals surface area contributed by atoms with Crippen molar-refractivity contribution in [3.63, 3.8) is 0 Å². The van der Waals surface area contributed by atoms with Crippen molar-refractivity contribution in [2.75, 3.05) is 6.61 Å². The number of fused-ring (bicyclic) bond motifs is 5. The predicted octanol–water partition coefficient (Wildman–Crippen LogP) is 5.37. The van der Waals surface area contributed by atoms with Crippen LogP contribution in [0, 0.1) is 28.6 Å². The van der Waals surface area contributed by atoms with E-state index in [2.05, 4.69) is 19.9 Å². The molecule has 0 aromatic heterocycles. The van der Waals surface area contributed by atoms with Gasteiger partial charge in [0, 0.05) is 19.4 Å².